The Morgan fingerprint density at radius 1 is 0.891 bits per heavy atom. The zero-order chi connectivity index (χ0) is 39.7. The van der Waals surface area contributed by atoms with Crippen LogP contribution in [0.15, 0.2) is 60.7 Å². The molecule has 1 heterocycles. The third-order valence-electron chi connectivity index (χ3n) is 8.80. The number of carbonyl (C=O) groups is 2. The highest BCUT2D eigenvalue weighted by Gasteiger charge is 2.40. The Morgan fingerprint density at radius 2 is 1.60 bits per heavy atom. The Morgan fingerprint density at radius 3 is 2.29 bits per heavy atom. The Kier molecular flexibility index (Phi) is 13.6. The second kappa shape index (κ2) is 18.3. The van der Waals surface area contributed by atoms with Gasteiger partial charge in [0.05, 0.1) is 31.3 Å². The molecule has 0 N–H and O–H groups in total. The average Bonchev–Trinajstić information content (AvgIpc) is 3.99. The lowest BCUT2D eigenvalue weighted by Crippen LogP contribution is -2.47. The lowest BCUT2D eigenvalue weighted by molar-refractivity contribution is -0.758. The maximum atomic E-state index is 14.4. The van der Waals surface area contributed by atoms with E-state index in [1.807, 2.05) is 0 Å². The van der Waals surface area contributed by atoms with E-state index < -0.39 is 63.8 Å². The maximum Gasteiger partial charge on any atom is 0.416 e. The van der Waals surface area contributed by atoms with Crippen molar-refractivity contribution in [2.75, 3.05) is 46.1 Å². The van der Waals surface area contributed by atoms with Crippen LogP contribution in [0.5, 0.6) is 5.75 Å². The lowest BCUT2D eigenvalue weighted by atomic mass is 9.87. The highest BCUT2D eigenvalue weighted by molar-refractivity contribution is 5.94. The van der Waals surface area contributed by atoms with Crippen molar-refractivity contribution in [3.63, 3.8) is 0 Å². The fourth-order valence-electron chi connectivity index (χ4n) is 6.01. The van der Waals surface area contributed by atoms with Crippen LogP contribution in [0.25, 0.3) is 5.57 Å². The number of alkyl halides is 3. The van der Waals surface area contributed by atoms with Crippen LogP contribution >= 0.6 is 0 Å². The van der Waals surface area contributed by atoms with Gasteiger partial charge in [0.1, 0.15) is 19.0 Å². The van der Waals surface area contributed by atoms with Gasteiger partial charge in [-0.05, 0) is 78.3 Å². The van der Waals surface area contributed by atoms with Gasteiger partial charge in [-0.15, -0.1) is 10.1 Å². The molecule has 0 aromatic heterocycles. The summed E-state index contributed by atoms with van der Waals surface area (Å²) in [5.41, 5.74) is 0.713. The molecule has 2 amide bonds. The van der Waals surface area contributed by atoms with Gasteiger partial charge in [-0.2, -0.15) is 17.6 Å². The number of benzene rings is 3. The van der Waals surface area contributed by atoms with Crippen LogP contribution < -0.4 is 4.74 Å². The summed E-state index contributed by atoms with van der Waals surface area (Å²) in [5.74, 6) is -7.09. The minimum Gasteiger partial charge on any atom is -0.488 e. The zero-order valence-electron chi connectivity index (χ0n) is 29.2. The molecule has 11 nitrogen and oxygen atoms in total. The number of carbonyl (C=O) groups excluding carboxylic acids is 2. The number of rotatable bonds is 17. The highest BCUT2D eigenvalue weighted by atomic mass is 19.4. The van der Waals surface area contributed by atoms with Crippen LogP contribution in [0.4, 0.5) is 35.5 Å². The van der Waals surface area contributed by atoms with Gasteiger partial charge in [-0.3, -0.25) is 4.79 Å². The molecule has 3 aromatic rings. The molecule has 55 heavy (non-hydrogen) atoms. The Hall–Kier alpha value is -5.39. The number of ether oxygens (including phenoxy) is 3. The molecule has 0 bridgehead atoms. The molecule has 1 unspecified atom stereocenters. The molecule has 18 heteroatoms. The molecule has 1 saturated carbocycles. The van der Waals surface area contributed by atoms with E-state index >= 15 is 0 Å². The third kappa shape index (κ3) is 11.3. The van der Waals surface area contributed by atoms with Crippen LogP contribution in [-0.4, -0.2) is 79.1 Å². The minimum absolute atomic E-state index is 0.0318. The topological polar surface area (TPSA) is 121 Å². The second-order valence-corrected chi connectivity index (χ2v) is 12.8. The first kappa shape index (κ1) is 40.8. The van der Waals surface area contributed by atoms with E-state index in [-0.39, 0.29) is 64.3 Å². The Labute approximate surface area is 310 Å². The molecule has 1 fully saturated rings. The van der Waals surface area contributed by atoms with E-state index in [9.17, 15) is 50.4 Å². The van der Waals surface area contributed by atoms with Gasteiger partial charge in [0.15, 0.2) is 17.4 Å². The molecule has 1 aliphatic heterocycles. The van der Waals surface area contributed by atoms with Crippen LogP contribution in [-0.2, 0) is 38.2 Å². The SMILES string of the molecule is O=C(OCCOCCO[N+](=O)[O-])N1CC=C(c2ccc(CCCOc3c(F)ccc(F)c3F)cc2)C(C(=O)N(Cc2cc(F)cc(C(F)(F)F)c2)C2CC2)C1. The van der Waals surface area contributed by atoms with Crippen molar-refractivity contribution in [2.24, 2.45) is 5.92 Å². The van der Waals surface area contributed by atoms with E-state index in [1.165, 1.54) is 9.80 Å². The fourth-order valence-corrected chi connectivity index (χ4v) is 6.01. The molecule has 0 saturated heterocycles. The molecule has 0 radical (unpaired) electrons. The van der Waals surface area contributed by atoms with Gasteiger partial charge in [0.25, 0.3) is 5.09 Å². The summed E-state index contributed by atoms with van der Waals surface area (Å²) in [7, 11) is 0. The van der Waals surface area contributed by atoms with Crippen LogP contribution in [0.2, 0.25) is 0 Å². The summed E-state index contributed by atoms with van der Waals surface area (Å²) < 4.78 is 112. The quantitative estimate of drug-likeness (QED) is 0.0466. The van der Waals surface area contributed by atoms with Gasteiger partial charge < -0.3 is 28.8 Å². The smallest absolute Gasteiger partial charge is 0.416 e. The van der Waals surface area contributed by atoms with E-state index in [2.05, 4.69) is 4.84 Å². The highest BCUT2D eigenvalue weighted by Crippen LogP contribution is 2.37. The molecule has 3 aromatic carbocycles. The number of amides is 2. The first-order chi connectivity index (χ1) is 26.2. The van der Waals surface area contributed by atoms with Gasteiger partial charge >= 0.3 is 12.3 Å². The number of hydrogen-bond donors (Lipinski definition) is 0. The van der Waals surface area contributed by atoms with Crippen molar-refractivity contribution < 1.29 is 64.5 Å². The Balaban J connectivity index is 1.30. The van der Waals surface area contributed by atoms with Gasteiger partial charge in [-0.25, -0.2) is 18.0 Å². The van der Waals surface area contributed by atoms with E-state index in [0.29, 0.717) is 49.0 Å². The summed E-state index contributed by atoms with van der Waals surface area (Å²) in [6.45, 7) is -1.29. The van der Waals surface area contributed by atoms with E-state index in [1.54, 1.807) is 30.3 Å². The predicted octanol–water partition coefficient (Wildman–Crippen LogP) is 7.14. The van der Waals surface area contributed by atoms with Crippen LogP contribution in [0, 0.1) is 39.3 Å². The first-order valence-electron chi connectivity index (χ1n) is 17.2. The average molecular weight is 784 g/mol. The largest absolute Gasteiger partial charge is 0.488 e. The number of nitrogens with zero attached hydrogens (tertiary/aromatic N) is 3. The number of hydrogen-bond acceptors (Lipinski definition) is 8. The van der Waals surface area contributed by atoms with E-state index in [4.69, 9.17) is 14.2 Å². The monoisotopic (exact) mass is 783 g/mol. The van der Waals surface area contributed by atoms with Gasteiger partial charge in [0.2, 0.25) is 11.7 Å². The zero-order valence-corrected chi connectivity index (χ0v) is 29.2. The summed E-state index contributed by atoms with van der Waals surface area (Å²) in [6, 6.07) is 10.2. The van der Waals surface area contributed by atoms with Crippen molar-refractivity contribution >= 4 is 17.6 Å². The fraction of sp³-hybridized carbons (Fsp3) is 0.405. The second-order valence-electron chi connectivity index (χ2n) is 12.8. The summed E-state index contributed by atoms with van der Waals surface area (Å²) >= 11 is 0. The standard InChI is InChI=1S/C37H36F7N3O8/c38-27-19-24(18-26(20-27)37(42,43)44)21-46(28-7-8-28)35(48)30-22-45(36(49)54-16-14-52-15-17-55-47(50)51)12-11-29(30)25-5-3-23(4-6-25)2-1-13-53-34-32(40)10-9-31(39)33(34)41/h3-6,9-11,18-20,28,30H,1-2,7-8,12-17,21-22H2. The maximum absolute atomic E-state index is 14.4. The van der Waals surface area contributed by atoms with Crippen molar-refractivity contribution in [3.05, 3.63) is 116 Å². The predicted molar refractivity (Wildman–Crippen MR) is 180 cm³/mol. The molecular formula is C37H36F7N3O8. The van der Waals surface area contributed by atoms with Gasteiger partial charge in [-0.1, -0.05) is 30.3 Å². The Bertz CT molecular complexity index is 1870. The van der Waals surface area contributed by atoms with Gasteiger partial charge in [0, 0.05) is 25.7 Å². The lowest BCUT2D eigenvalue weighted by Gasteiger charge is -2.35. The molecular weight excluding hydrogens is 747 g/mol. The van der Waals surface area contributed by atoms with Crippen molar-refractivity contribution in [2.45, 2.75) is 44.4 Å². The number of aryl methyl sites for hydroxylation is 1. The molecule has 1 atom stereocenters. The van der Waals surface area contributed by atoms with E-state index in [0.717, 1.165) is 23.8 Å². The normalized spacial score (nSPS) is 15.7. The van der Waals surface area contributed by atoms with Crippen molar-refractivity contribution in [1.29, 1.82) is 0 Å². The van der Waals surface area contributed by atoms with Crippen molar-refractivity contribution in [3.8, 4) is 5.75 Å². The summed E-state index contributed by atoms with van der Waals surface area (Å²) in [4.78, 5) is 44.5. The van der Waals surface area contributed by atoms with Crippen LogP contribution in [0.1, 0.15) is 41.5 Å². The summed E-state index contributed by atoms with van der Waals surface area (Å²) in [6.07, 6.45) is -2.04. The molecule has 0 spiro atoms. The first-order valence-corrected chi connectivity index (χ1v) is 17.2. The summed E-state index contributed by atoms with van der Waals surface area (Å²) in [5, 5.41) is 9.27. The molecule has 296 valence electrons. The molecule has 5 rings (SSSR count). The minimum atomic E-state index is -4.81. The molecule has 1 aliphatic carbocycles. The third-order valence-corrected chi connectivity index (χ3v) is 8.80. The number of halogens is 7. The molecule has 2 aliphatic rings. The van der Waals surface area contributed by atoms with Crippen molar-refractivity contribution in [1.82, 2.24) is 9.80 Å². The van der Waals surface area contributed by atoms with Crippen LogP contribution in [0.3, 0.4) is 0 Å².